The Morgan fingerprint density at radius 2 is 2.11 bits per heavy atom. The monoisotopic (exact) mass is 309 g/mol. The van der Waals surface area contributed by atoms with Crippen LogP contribution in [0.2, 0.25) is 0 Å². The van der Waals surface area contributed by atoms with E-state index in [-0.39, 0.29) is 12.4 Å². The molecule has 0 amide bonds. The summed E-state index contributed by atoms with van der Waals surface area (Å²) in [7, 11) is 0. The molecule has 0 N–H and O–H groups in total. The summed E-state index contributed by atoms with van der Waals surface area (Å²) in [5, 5.41) is 9.85. The van der Waals surface area contributed by atoms with Gasteiger partial charge in [0.15, 0.2) is 0 Å². The van der Waals surface area contributed by atoms with Gasteiger partial charge in [-0.1, -0.05) is 28.9 Å². The van der Waals surface area contributed by atoms with Gasteiger partial charge in [-0.15, -0.1) is 0 Å². The summed E-state index contributed by atoms with van der Waals surface area (Å²) in [6, 6.07) is 5.85. The molecule has 0 bridgehead atoms. The van der Waals surface area contributed by atoms with Crippen LogP contribution in [0.5, 0.6) is 0 Å². The molecular weight excluding hydrogens is 294 g/mol. The van der Waals surface area contributed by atoms with Crippen molar-refractivity contribution in [3.05, 3.63) is 34.4 Å². The molecule has 1 aromatic rings. The van der Waals surface area contributed by atoms with Crippen LogP contribution in [-0.2, 0) is 27.7 Å². The highest BCUT2D eigenvalue weighted by molar-refractivity contribution is 9.08. The van der Waals surface area contributed by atoms with E-state index in [1.165, 1.54) is 0 Å². The third-order valence-electron chi connectivity index (χ3n) is 2.77. The lowest BCUT2D eigenvalue weighted by atomic mass is 9.93. The Morgan fingerprint density at radius 3 is 2.61 bits per heavy atom. The third kappa shape index (κ3) is 3.33. The van der Waals surface area contributed by atoms with Gasteiger partial charge < -0.3 is 4.74 Å². The topological polar surface area (TPSA) is 50.1 Å². The highest BCUT2D eigenvalue weighted by Gasteiger charge is 2.15. The van der Waals surface area contributed by atoms with Crippen molar-refractivity contribution in [3.63, 3.8) is 0 Å². The molecule has 0 saturated heterocycles. The summed E-state index contributed by atoms with van der Waals surface area (Å²) in [4.78, 5) is 11.6. The van der Waals surface area contributed by atoms with Crippen LogP contribution >= 0.6 is 15.9 Å². The van der Waals surface area contributed by atoms with E-state index in [4.69, 9.17) is 10.00 Å². The number of carbonyl (C=O) groups is 1. The van der Waals surface area contributed by atoms with Gasteiger partial charge in [0.05, 0.1) is 24.7 Å². The molecule has 0 heterocycles. The number of ether oxygens (including phenoxy) is 1. The van der Waals surface area contributed by atoms with Gasteiger partial charge >= 0.3 is 5.97 Å². The molecule has 0 aromatic heterocycles. The normalized spacial score (nSPS) is 9.89. The first-order chi connectivity index (χ1) is 8.67. The fourth-order valence-corrected chi connectivity index (χ4v) is 2.50. The number of alkyl halides is 1. The first-order valence-electron chi connectivity index (χ1n) is 5.93. The lowest BCUT2D eigenvalue weighted by Crippen LogP contribution is -2.11. The van der Waals surface area contributed by atoms with Crippen LogP contribution in [0, 0.1) is 11.3 Å². The Kier molecular flexibility index (Phi) is 5.87. The zero-order chi connectivity index (χ0) is 13.5. The van der Waals surface area contributed by atoms with Crippen molar-refractivity contribution in [1.29, 1.82) is 5.26 Å². The minimum absolute atomic E-state index is 0.167. The first-order valence-corrected chi connectivity index (χ1v) is 7.05. The van der Waals surface area contributed by atoms with E-state index in [2.05, 4.69) is 22.0 Å². The van der Waals surface area contributed by atoms with Gasteiger partial charge in [-0.05, 0) is 36.1 Å². The Balaban J connectivity index is 3.20. The first kappa shape index (κ1) is 14.7. The molecule has 1 aromatic carbocycles. The minimum Gasteiger partial charge on any atom is -0.466 e. The fraction of sp³-hybridized carbons (Fsp3) is 0.429. The lowest BCUT2D eigenvalue weighted by Gasteiger charge is -2.13. The average Bonchev–Trinajstić information content (AvgIpc) is 2.38. The summed E-state index contributed by atoms with van der Waals surface area (Å²) < 4.78 is 4.96. The molecule has 0 atom stereocenters. The predicted molar refractivity (Wildman–Crippen MR) is 73.5 cm³/mol. The number of esters is 1. The standard InChI is InChI=1S/C14H16BrNO2/c1-3-12-10(8-15)5-6-11(9-16)13(12)7-14(17)18-4-2/h5-6H,3-4,7-8H2,1-2H3. The number of rotatable bonds is 5. The van der Waals surface area contributed by atoms with Crippen molar-refractivity contribution in [3.8, 4) is 6.07 Å². The smallest absolute Gasteiger partial charge is 0.310 e. The number of hydrogen-bond donors (Lipinski definition) is 0. The number of benzene rings is 1. The summed E-state index contributed by atoms with van der Waals surface area (Å²) in [6.07, 6.45) is 0.964. The van der Waals surface area contributed by atoms with E-state index < -0.39 is 0 Å². The van der Waals surface area contributed by atoms with Crippen molar-refractivity contribution in [2.75, 3.05) is 6.61 Å². The molecular formula is C14H16BrNO2. The number of nitrogens with zero attached hydrogens (tertiary/aromatic N) is 1. The van der Waals surface area contributed by atoms with E-state index >= 15 is 0 Å². The minimum atomic E-state index is -0.282. The second kappa shape index (κ2) is 7.17. The Morgan fingerprint density at radius 1 is 1.39 bits per heavy atom. The van der Waals surface area contributed by atoms with Gasteiger partial charge in [0.25, 0.3) is 0 Å². The van der Waals surface area contributed by atoms with Gasteiger partial charge in [0.2, 0.25) is 0 Å². The van der Waals surface area contributed by atoms with E-state index in [1.54, 1.807) is 13.0 Å². The maximum atomic E-state index is 11.6. The second-order valence-electron chi connectivity index (χ2n) is 3.81. The highest BCUT2D eigenvalue weighted by atomic mass is 79.9. The van der Waals surface area contributed by atoms with Crippen molar-refractivity contribution >= 4 is 21.9 Å². The van der Waals surface area contributed by atoms with Crippen LogP contribution in [0.4, 0.5) is 0 Å². The number of nitriles is 1. The summed E-state index contributed by atoms with van der Waals surface area (Å²) >= 11 is 3.43. The number of hydrogen-bond acceptors (Lipinski definition) is 3. The molecule has 96 valence electrons. The Labute approximate surface area is 116 Å². The van der Waals surface area contributed by atoms with Crippen molar-refractivity contribution in [1.82, 2.24) is 0 Å². The molecule has 0 spiro atoms. The number of carbonyl (C=O) groups excluding carboxylic acids is 1. The quantitative estimate of drug-likeness (QED) is 0.620. The summed E-state index contributed by atoms with van der Waals surface area (Å²) in [6.45, 7) is 4.16. The van der Waals surface area contributed by atoms with Crippen LogP contribution < -0.4 is 0 Å². The molecule has 0 radical (unpaired) electrons. The van der Waals surface area contributed by atoms with Crippen LogP contribution in [-0.4, -0.2) is 12.6 Å². The zero-order valence-corrected chi connectivity index (χ0v) is 12.2. The van der Waals surface area contributed by atoms with Crippen molar-refractivity contribution in [2.24, 2.45) is 0 Å². The van der Waals surface area contributed by atoms with Gasteiger partial charge in [0, 0.05) is 5.33 Å². The maximum absolute atomic E-state index is 11.6. The third-order valence-corrected chi connectivity index (χ3v) is 3.38. The van der Waals surface area contributed by atoms with Gasteiger partial charge in [-0.3, -0.25) is 4.79 Å². The molecule has 0 saturated carbocycles. The maximum Gasteiger partial charge on any atom is 0.310 e. The Hall–Kier alpha value is -1.34. The molecule has 0 fully saturated rings. The lowest BCUT2D eigenvalue weighted by molar-refractivity contribution is -0.142. The predicted octanol–water partition coefficient (Wildman–Crippen LogP) is 3.12. The van der Waals surface area contributed by atoms with E-state index in [1.807, 2.05) is 13.0 Å². The van der Waals surface area contributed by atoms with Gasteiger partial charge in [0.1, 0.15) is 0 Å². The molecule has 0 aliphatic heterocycles. The van der Waals surface area contributed by atoms with Crippen LogP contribution in [0.3, 0.4) is 0 Å². The molecule has 0 aliphatic carbocycles. The van der Waals surface area contributed by atoms with E-state index in [0.717, 1.165) is 28.4 Å². The molecule has 1 rings (SSSR count). The second-order valence-corrected chi connectivity index (χ2v) is 4.37. The number of halogens is 1. The fourth-order valence-electron chi connectivity index (χ4n) is 1.97. The van der Waals surface area contributed by atoms with E-state index in [0.29, 0.717) is 12.2 Å². The van der Waals surface area contributed by atoms with Crippen molar-refractivity contribution in [2.45, 2.75) is 32.0 Å². The van der Waals surface area contributed by atoms with Crippen LogP contribution in [0.1, 0.15) is 36.1 Å². The van der Waals surface area contributed by atoms with Gasteiger partial charge in [-0.25, -0.2) is 0 Å². The highest BCUT2D eigenvalue weighted by Crippen LogP contribution is 2.23. The summed E-state index contributed by atoms with van der Waals surface area (Å²) in [5.74, 6) is -0.282. The molecule has 3 nitrogen and oxygen atoms in total. The average molecular weight is 310 g/mol. The summed E-state index contributed by atoms with van der Waals surface area (Å²) in [5.41, 5.74) is 3.55. The Bertz CT molecular complexity index is 477. The molecule has 4 heteroatoms. The van der Waals surface area contributed by atoms with Crippen LogP contribution in [0.25, 0.3) is 0 Å². The molecule has 18 heavy (non-hydrogen) atoms. The SMILES string of the molecule is CCOC(=O)Cc1c(C#N)ccc(CBr)c1CC. The van der Waals surface area contributed by atoms with E-state index in [9.17, 15) is 4.79 Å². The van der Waals surface area contributed by atoms with Gasteiger partial charge in [-0.2, -0.15) is 5.26 Å². The van der Waals surface area contributed by atoms with Crippen molar-refractivity contribution < 1.29 is 9.53 Å². The molecule has 0 aliphatic rings. The molecule has 0 unspecified atom stereocenters. The van der Waals surface area contributed by atoms with Crippen LogP contribution in [0.15, 0.2) is 12.1 Å². The zero-order valence-electron chi connectivity index (χ0n) is 10.6. The largest absolute Gasteiger partial charge is 0.466 e.